The number of benzene rings is 3. The van der Waals surface area contributed by atoms with Crippen LogP contribution in [0.1, 0.15) is 15.9 Å². The number of carbonyl (C=O) groups excluding carboxylic acids is 1. The standard InChI is InChI=1S/C22H16ClN3O5/c1-12-3-4-13(22-25-19-11-15(30-2)6-8-20(19)31-22)9-18(12)24-21(27)16-10-14(26(28)29)5-7-17(16)23/h3-11H,1-2H3,(H,24,27). The topological polar surface area (TPSA) is 108 Å². The molecule has 0 aliphatic carbocycles. The molecule has 0 bridgehead atoms. The lowest BCUT2D eigenvalue weighted by atomic mass is 10.1. The predicted molar refractivity (Wildman–Crippen MR) is 117 cm³/mol. The average molecular weight is 438 g/mol. The Morgan fingerprint density at radius 1 is 1.16 bits per heavy atom. The van der Waals surface area contributed by atoms with E-state index in [0.29, 0.717) is 34.0 Å². The average Bonchev–Trinajstić information content (AvgIpc) is 3.18. The highest BCUT2D eigenvalue weighted by Gasteiger charge is 2.18. The molecule has 1 amide bonds. The fourth-order valence-corrected chi connectivity index (χ4v) is 3.24. The fourth-order valence-electron chi connectivity index (χ4n) is 3.04. The second-order valence-electron chi connectivity index (χ2n) is 6.76. The number of nitro groups is 1. The summed E-state index contributed by atoms with van der Waals surface area (Å²) in [4.78, 5) is 27.7. The van der Waals surface area contributed by atoms with Gasteiger partial charge in [0.2, 0.25) is 5.89 Å². The van der Waals surface area contributed by atoms with E-state index in [2.05, 4.69) is 10.3 Å². The lowest BCUT2D eigenvalue weighted by Crippen LogP contribution is -2.13. The number of methoxy groups -OCH3 is 1. The molecule has 0 fully saturated rings. The van der Waals surface area contributed by atoms with Crippen LogP contribution in [0, 0.1) is 17.0 Å². The molecule has 1 aromatic heterocycles. The van der Waals surface area contributed by atoms with Gasteiger partial charge in [0.05, 0.1) is 22.6 Å². The molecule has 1 heterocycles. The highest BCUT2D eigenvalue weighted by atomic mass is 35.5. The lowest BCUT2D eigenvalue weighted by molar-refractivity contribution is -0.384. The number of nitro benzene ring substituents is 1. The Kier molecular flexibility index (Phi) is 5.31. The zero-order chi connectivity index (χ0) is 22.1. The van der Waals surface area contributed by atoms with Gasteiger partial charge >= 0.3 is 0 Å². The molecule has 9 heteroatoms. The third-order valence-corrected chi connectivity index (χ3v) is 5.06. The van der Waals surface area contributed by atoms with Crippen LogP contribution in [0.25, 0.3) is 22.6 Å². The van der Waals surface area contributed by atoms with E-state index < -0.39 is 10.8 Å². The first kappa shape index (κ1) is 20.4. The Morgan fingerprint density at radius 2 is 1.97 bits per heavy atom. The van der Waals surface area contributed by atoms with Crippen molar-refractivity contribution in [2.75, 3.05) is 12.4 Å². The van der Waals surface area contributed by atoms with Gasteiger partial charge in [-0.3, -0.25) is 14.9 Å². The van der Waals surface area contributed by atoms with Gasteiger partial charge in [-0.05, 0) is 42.8 Å². The summed E-state index contributed by atoms with van der Waals surface area (Å²) in [6.45, 7) is 1.82. The molecule has 0 aliphatic rings. The highest BCUT2D eigenvalue weighted by Crippen LogP contribution is 2.30. The van der Waals surface area contributed by atoms with E-state index in [1.54, 1.807) is 31.4 Å². The minimum absolute atomic E-state index is 0.00891. The lowest BCUT2D eigenvalue weighted by Gasteiger charge is -2.10. The Morgan fingerprint density at radius 3 is 2.71 bits per heavy atom. The van der Waals surface area contributed by atoms with E-state index in [9.17, 15) is 14.9 Å². The van der Waals surface area contributed by atoms with Crippen molar-refractivity contribution in [2.24, 2.45) is 0 Å². The molecule has 3 aromatic carbocycles. The van der Waals surface area contributed by atoms with Crippen LogP contribution in [-0.2, 0) is 0 Å². The Labute approximate surface area is 181 Å². The van der Waals surface area contributed by atoms with Crippen molar-refractivity contribution in [3.8, 4) is 17.2 Å². The van der Waals surface area contributed by atoms with Gasteiger partial charge in [-0.15, -0.1) is 0 Å². The van der Waals surface area contributed by atoms with E-state index in [4.69, 9.17) is 20.8 Å². The third-order valence-electron chi connectivity index (χ3n) is 4.73. The normalized spacial score (nSPS) is 10.8. The van der Waals surface area contributed by atoms with Crippen LogP contribution in [0.3, 0.4) is 0 Å². The van der Waals surface area contributed by atoms with Gasteiger partial charge < -0.3 is 14.5 Å². The van der Waals surface area contributed by atoms with Crippen LogP contribution >= 0.6 is 11.6 Å². The Hall–Kier alpha value is -3.91. The number of hydrogen-bond acceptors (Lipinski definition) is 6. The molecule has 1 N–H and O–H groups in total. The van der Waals surface area contributed by atoms with E-state index >= 15 is 0 Å². The molecule has 0 unspecified atom stereocenters. The quantitative estimate of drug-likeness (QED) is 0.320. The summed E-state index contributed by atoms with van der Waals surface area (Å²) in [6, 6.07) is 14.4. The first-order valence-corrected chi connectivity index (χ1v) is 9.54. The largest absolute Gasteiger partial charge is 0.497 e. The summed E-state index contributed by atoms with van der Waals surface area (Å²) in [6.07, 6.45) is 0. The van der Waals surface area contributed by atoms with Gasteiger partial charge in [-0.1, -0.05) is 17.7 Å². The number of rotatable bonds is 5. The summed E-state index contributed by atoms with van der Waals surface area (Å²) < 4.78 is 11.0. The molecule has 4 aromatic rings. The number of fused-ring (bicyclic) bond motifs is 1. The molecule has 0 aliphatic heterocycles. The van der Waals surface area contributed by atoms with Crippen molar-refractivity contribution in [1.29, 1.82) is 0 Å². The Bertz CT molecular complexity index is 1330. The minimum Gasteiger partial charge on any atom is -0.497 e. The molecule has 0 saturated carbocycles. The summed E-state index contributed by atoms with van der Waals surface area (Å²) >= 11 is 6.08. The molecule has 8 nitrogen and oxygen atoms in total. The van der Waals surface area contributed by atoms with Gasteiger partial charge in [-0.25, -0.2) is 4.98 Å². The molecule has 0 atom stereocenters. The third kappa shape index (κ3) is 4.06. The summed E-state index contributed by atoms with van der Waals surface area (Å²) in [7, 11) is 1.57. The minimum atomic E-state index is -0.582. The molecular weight excluding hydrogens is 422 g/mol. The van der Waals surface area contributed by atoms with Crippen molar-refractivity contribution in [3.63, 3.8) is 0 Å². The number of amides is 1. The SMILES string of the molecule is COc1ccc2oc(-c3ccc(C)c(NC(=O)c4cc([N+](=O)[O-])ccc4Cl)c3)nc2c1. The number of oxazole rings is 1. The molecule has 156 valence electrons. The van der Waals surface area contributed by atoms with Gasteiger partial charge in [0.1, 0.15) is 11.3 Å². The number of nitrogens with zero attached hydrogens (tertiary/aromatic N) is 2. The molecule has 0 radical (unpaired) electrons. The van der Waals surface area contributed by atoms with Crippen LogP contribution < -0.4 is 10.1 Å². The number of aryl methyl sites for hydroxylation is 1. The fraction of sp³-hybridized carbons (Fsp3) is 0.0909. The van der Waals surface area contributed by atoms with Gasteiger partial charge in [0.15, 0.2) is 5.58 Å². The highest BCUT2D eigenvalue weighted by molar-refractivity contribution is 6.34. The molecule has 4 rings (SSSR count). The molecule has 31 heavy (non-hydrogen) atoms. The van der Waals surface area contributed by atoms with Gasteiger partial charge in [0.25, 0.3) is 11.6 Å². The zero-order valence-corrected chi connectivity index (χ0v) is 17.3. The second kappa shape index (κ2) is 8.08. The second-order valence-corrected chi connectivity index (χ2v) is 7.16. The summed E-state index contributed by atoms with van der Waals surface area (Å²) in [5.74, 6) is 0.487. The van der Waals surface area contributed by atoms with Crippen LogP contribution in [0.5, 0.6) is 5.75 Å². The first-order chi connectivity index (χ1) is 14.9. The number of ether oxygens (including phenoxy) is 1. The van der Waals surface area contributed by atoms with Crippen LogP contribution in [0.15, 0.2) is 59.0 Å². The molecule has 0 spiro atoms. The smallest absolute Gasteiger partial charge is 0.270 e. The van der Waals surface area contributed by atoms with Crippen molar-refractivity contribution in [1.82, 2.24) is 4.98 Å². The number of nitrogens with one attached hydrogen (secondary N) is 1. The monoisotopic (exact) mass is 437 g/mol. The van der Waals surface area contributed by atoms with Crippen LogP contribution in [0.2, 0.25) is 5.02 Å². The van der Waals surface area contributed by atoms with Gasteiger partial charge in [-0.2, -0.15) is 0 Å². The predicted octanol–water partition coefficient (Wildman–Crippen LogP) is 5.63. The molecule has 0 saturated heterocycles. The zero-order valence-electron chi connectivity index (χ0n) is 16.5. The number of halogens is 1. The summed E-state index contributed by atoms with van der Waals surface area (Å²) in [5, 5.41) is 13.9. The first-order valence-electron chi connectivity index (χ1n) is 9.16. The van der Waals surface area contributed by atoms with E-state index in [0.717, 1.165) is 11.6 Å². The maximum absolute atomic E-state index is 12.8. The van der Waals surface area contributed by atoms with Crippen molar-refractivity contribution < 1.29 is 18.9 Å². The van der Waals surface area contributed by atoms with Crippen LogP contribution in [0.4, 0.5) is 11.4 Å². The van der Waals surface area contributed by atoms with Crippen molar-refractivity contribution in [2.45, 2.75) is 6.92 Å². The summed E-state index contributed by atoms with van der Waals surface area (Å²) in [5.41, 5.74) is 2.98. The maximum Gasteiger partial charge on any atom is 0.270 e. The Balaban J connectivity index is 1.67. The molecular formula is C22H16ClN3O5. The maximum atomic E-state index is 12.8. The number of carbonyl (C=O) groups is 1. The van der Waals surface area contributed by atoms with Crippen molar-refractivity contribution >= 4 is 40.0 Å². The van der Waals surface area contributed by atoms with Crippen LogP contribution in [-0.4, -0.2) is 22.9 Å². The van der Waals surface area contributed by atoms with E-state index in [1.807, 2.05) is 19.1 Å². The van der Waals surface area contributed by atoms with Gasteiger partial charge in [0, 0.05) is 29.4 Å². The number of non-ortho nitro benzene ring substituents is 1. The number of anilines is 1. The van der Waals surface area contributed by atoms with E-state index in [-0.39, 0.29) is 16.3 Å². The number of hydrogen-bond donors (Lipinski definition) is 1. The number of aromatic nitrogens is 1. The van der Waals surface area contributed by atoms with Crippen molar-refractivity contribution in [3.05, 3.63) is 80.9 Å². The van der Waals surface area contributed by atoms with E-state index in [1.165, 1.54) is 12.1 Å².